The van der Waals surface area contributed by atoms with Crippen LogP contribution in [0.3, 0.4) is 0 Å². The smallest absolute Gasteiger partial charge is 0.375 e. The van der Waals surface area contributed by atoms with Gasteiger partial charge in [-0.25, -0.2) is 9.37 Å². The van der Waals surface area contributed by atoms with Crippen molar-refractivity contribution in [2.45, 2.75) is 38.9 Å². The van der Waals surface area contributed by atoms with E-state index in [1.54, 1.807) is 13.0 Å². The predicted octanol–water partition coefficient (Wildman–Crippen LogP) is 5.00. The van der Waals surface area contributed by atoms with Gasteiger partial charge in [0.1, 0.15) is 5.82 Å². The van der Waals surface area contributed by atoms with E-state index in [1.807, 2.05) is 0 Å². The van der Waals surface area contributed by atoms with Crippen LogP contribution in [-0.4, -0.2) is 21.7 Å². The molecule has 12 heteroatoms. The molecule has 3 aromatic rings. The van der Waals surface area contributed by atoms with Crippen LogP contribution in [0.15, 0.2) is 36.5 Å². The molecule has 184 valence electrons. The lowest BCUT2D eigenvalue weighted by atomic mass is 9.97. The lowest BCUT2D eigenvalue weighted by Gasteiger charge is -2.15. The van der Waals surface area contributed by atoms with Crippen LogP contribution in [0, 0.1) is 18.2 Å². The molecule has 2 aromatic heterocycles. The molecule has 1 aliphatic carbocycles. The number of thiazole rings is 1. The number of alkyl halides is 3. The van der Waals surface area contributed by atoms with Gasteiger partial charge in [0.05, 0.1) is 51.4 Å². The molecule has 0 radical (unpaired) electrons. The Kier molecular flexibility index (Phi) is 6.50. The second-order valence-corrected chi connectivity index (χ2v) is 9.41. The van der Waals surface area contributed by atoms with Crippen LogP contribution in [0.5, 0.6) is 0 Å². The second kappa shape index (κ2) is 9.25. The highest BCUT2D eigenvalue weighted by molar-refractivity contribution is 7.17. The number of hydrogen-bond donors (Lipinski definition) is 3. The van der Waals surface area contributed by atoms with Crippen molar-refractivity contribution in [3.05, 3.63) is 64.2 Å². The van der Waals surface area contributed by atoms with Crippen LogP contribution >= 0.6 is 11.3 Å². The Bertz CT molecular complexity index is 1270. The van der Waals surface area contributed by atoms with E-state index in [1.165, 1.54) is 12.3 Å². The molecule has 1 fully saturated rings. The molecule has 0 unspecified atom stereocenters. The average Bonchev–Trinajstić information content (AvgIpc) is 3.49. The lowest BCUT2D eigenvalue weighted by Crippen LogP contribution is -2.33. The van der Waals surface area contributed by atoms with Crippen LogP contribution < -0.4 is 16.4 Å². The first-order chi connectivity index (χ1) is 16.5. The summed E-state index contributed by atoms with van der Waals surface area (Å²) in [4.78, 5) is 34.0. The summed E-state index contributed by atoms with van der Waals surface area (Å²) in [6, 6.07) is 5.41. The molecule has 0 atom stereocenters. The number of pyridine rings is 1. The highest BCUT2D eigenvalue weighted by atomic mass is 32.1. The number of carbonyl (C=O) groups is 2. The van der Waals surface area contributed by atoms with Crippen molar-refractivity contribution in [2.24, 2.45) is 5.41 Å². The third-order valence-corrected chi connectivity index (χ3v) is 6.75. The zero-order valence-corrected chi connectivity index (χ0v) is 19.3. The van der Waals surface area contributed by atoms with Crippen molar-refractivity contribution < 1.29 is 27.2 Å². The van der Waals surface area contributed by atoms with Gasteiger partial charge in [-0.2, -0.15) is 13.2 Å². The van der Waals surface area contributed by atoms with Gasteiger partial charge >= 0.3 is 6.18 Å². The van der Waals surface area contributed by atoms with Gasteiger partial charge in [0.2, 0.25) is 5.91 Å². The Morgan fingerprint density at radius 3 is 2.51 bits per heavy atom. The first kappa shape index (κ1) is 24.6. The topological polar surface area (TPSA) is 110 Å². The third kappa shape index (κ3) is 5.59. The fraction of sp³-hybridized carbons (Fsp3) is 0.304. The maximum absolute atomic E-state index is 13.3. The van der Waals surface area contributed by atoms with E-state index < -0.39 is 23.0 Å². The van der Waals surface area contributed by atoms with Crippen molar-refractivity contribution in [2.75, 3.05) is 11.1 Å². The van der Waals surface area contributed by atoms with Gasteiger partial charge < -0.3 is 16.4 Å². The highest BCUT2D eigenvalue weighted by Gasteiger charge is 2.51. The average molecular weight is 508 g/mol. The maximum atomic E-state index is 13.3. The molecule has 1 saturated carbocycles. The van der Waals surface area contributed by atoms with Crippen molar-refractivity contribution >= 4 is 39.5 Å². The Labute approximate surface area is 201 Å². The Morgan fingerprint density at radius 2 is 1.94 bits per heavy atom. The van der Waals surface area contributed by atoms with E-state index >= 15 is 0 Å². The van der Waals surface area contributed by atoms with Crippen LogP contribution in [0.4, 0.5) is 34.1 Å². The van der Waals surface area contributed by atoms with Gasteiger partial charge in [0.15, 0.2) is 10.9 Å². The minimum atomic E-state index is -4.73. The number of aromatic nitrogens is 2. The number of nitrogen functional groups attached to an aromatic ring is 1. The van der Waals surface area contributed by atoms with Gasteiger partial charge in [-0.1, -0.05) is 11.3 Å². The summed E-state index contributed by atoms with van der Waals surface area (Å²) in [5.74, 6) is -1.42. The molecule has 1 aromatic carbocycles. The highest BCUT2D eigenvalue weighted by Crippen LogP contribution is 2.50. The normalized spacial score (nSPS) is 14.4. The number of nitrogens with zero attached hydrogens (tertiary/aromatic N) is 2. The molecule has 1 aliphatic rings. The third-order valence-electron chi connectivity index (χ3n) is 5.72. The van der Waals surface area contributed by atoms with Gasteiger partial charge in [0, 0.05) is 6.42 Å². The summed E-state index contributed by atoms with van der Waals surface area (Å²) >= 11 is 1.11. The molecule has 0 aliphatic heterocycles. The van der Waals surface area contributed by atoms with Gasteiger partial charge in [-0.15, -0.1) is 0 Å². The number of hydrogen-bond acceptors (Lipinski definition) is 7. The van der Waals surface area contributed by atoms with Gasteiger partial charge in [0.25, 0.3) is 0 Å². The molecule has 1 amide bonds. The van der Waals surface area contributed by atoms with E-state index in [-0.39, 0.29) is 36.0 Å². The fourth-order valence-electron chi connectivity index (χ4n) is 3.68. The van der Waals surface area contributed by atoms with Crippen molar-refractivity contribution in [1.29, 1.82) is 0 Å². The summed E-state index contributed by atoms with van der Waals surface area (Å²) in [6.07, 6.45) is -2.16. The minimum Gasteiger partial charge on any atom is -0.375 e. The molecule has 0 bridgehead atoms. The number of amides is 1. The van der Waals surface area contributed by atoms with E-state index in [4.69, 9.17) is 5.73 Å². The summed E-state index contributed by atoms with van der Waals surface area (Å²) in [5.41, 5.74) is 4.75. The molecule has 4 N–H and O–H groups in total. The fourth-order valence-corrected chi connectivity index (χ4v) is 4.45. The Hall–Kier alpha value is -3.54. The Morgan fingerprint density at radius 1 is 1.20 bits per heavy atom. The number of nitrogens with two attached hydrogens (primary N) is 1. The lowest BCUT2D eigenvalue weighted by molar-refractivity contribution is -0.137. The number of nitrogens with one attached hydrogen (secondary N) is 2. The van der Waals surface area contributed by atoms with Crippen LogP contribution in [0.25, 0.3) is 0 Å². The number of aryl methyl sites for hydroxylation is 1. The summed E-state index contributed by atoms with van der Waals surface area (Å²) in [6.45, 7) is 1.79. The summed E-state index contributed by atoms with van der Waals surface area (Å²) in [5, 5.41) is 5.67. The molecule has 7 nitrogen and oxygen atoms in total. The number of anilines is 3. The first-order valence-electron chi connectivity index (χ1n) is 10.6. The van der Waals surface area contributed by atoms with Gasteiger partial charge in [-0.05, 0) is 50.1 Å². The molecule has 0 spiro atoms. The van der Waals surface area contributed by atoms with Crippen molar-refractivity contribution in [3.63, 3.8) is 0 Å². The largest absolute Gasteiger partial charge is 0.418 e. The second-order valence-electron chi connectivity index (χ2n) is 8.38. The maximum Gasteiger partial charge on any atom is 0.418 e. The number of Topliss-reactive ketones (excluding diaryl/α,β-unsaturated/α-hetero) is 1. The molecule has 2 heterocycles. The van der Waals surface area contributed by atoms with Crippen molar-refractivity contribution in [1.82, 2.24) is 15.3 Å². The molecular formula is C23H21F4N5O2S. The molecular weight excluding hydrogens is 486 g/mol. The number of rotatable bonds is 8. The van der Waals surface area contributed by atoms with E-state index in [0.717, 1.165) is 23.5 Å². The molecule has 4 rings (SSSR count). The molecule has 35 heavy (non-hydrogen) atoms. The molecule has 0 saturated heterocycles. The van der Waals surface area contributed by atoms with E-state index in [0.29, 0.717) is 40.3 Å². The van der Waals surface area contributed by atoms with Crippen molar-refractivity contribution in [3.8, 4) is 0 Å². The Balaban J connectivity index is 1.35. The zero-order valence-electron chi connectivity index (χ0n) is 18.5. The number of carbonyl (C=O) groups excluding carboxylic acids is 2. The SMILES string of the molecule is Cc1nc(N)sc1C(=O)CC1(C(=O)NCc2ccc(Nc3ccc(F)cc3C(F)(F)F)cn2)CC1. The monoisotopic (exact) mass is 507 g/mol. The number of halogens is 4. The standard InChI is InChI=1S/C23H21F4N5O2S/c1-12-19(35-21(28)31-12)18(33)9-22(6-7-22)20(34)30-10-14-3-4-15(11-29-14)32-17-5-2-13(24)8-16(17)23(25,26)27/h2-5,8,11,32H,6-7,9-10H2,1H3,(H2,28,31)(H,30,34). The van der Waals surface area contributed by atoms with Crippen LogP contribution in [-0.2, 0) is 17.5 Å². The minimum absolute atomic E-state index is 0.0663. The van der Waals surface area contributed by atoms with Gasteiger partial charge in [-0.3, -0.25) is 14.6 Å². The zero-order chi connectivity index (χ0) is 25.4. The van der Waals surface area contributed by atoms with E-state index in [2.05, 4.69) is 20.6 Å². The van der Waals surface area contributed by atoms with E-state index in [9.17, 15) is 27.2 Å². The van der Waals surface area contributed by atoms with Crippen LogP contribution in [0.1, 0.15) is 45.9 Å². The number of benzene rings is 1. The predicted molar refractivity (Wildman–Crippen MR) is 123 cm³/mol. The first-order valence-corrected chi connectivity index (χ1v) is 11.4. The summed E-state index contributed by atoms with van der Waals surface area (Å²) in [7, 11) is 0. The summed E-state index contributed by atoms with van der Waals surface area (Å²) < 4.78 is 52.8. The number of ketones is 1. The quantitative estimate of drug-likeness (QED) is 0.292. The van der Waals surface area contributed by atoms with Crippen LogP contribution in [0.2, 0.25) is 0 Å².